The fraction of sp³-hybridized carbons (Fsp3) is 0.846. The van der Waals surface area contributed by atoms with Crippen LogP contribution in [0.1, 0.15) is 46.5 Å². The van der Waals surface area contributed by atoms with Gasteiger partial charge in [0.2, 0.25) is 5.91 Å². The molecule has 0 rings (SSSR count). The molecule has 0 unspecified atom stereocenters. The number of aliphatic carboxylic acids is 1. The van der Waals surface area contributed by atoms with Crippen molar-refractivity contribution in [3.63, 3.8) is 0 Å². The second-order valence-corrected chi connectivity index (χ2v) is 5.13. The molecule has 0 bridgehead atoms. The molecule has 0 saturated carbocycles. The quantitative estimate of drug-likeness (QED) is 0.582. The Bertz CT molecular complexity index is 267. The molecule has 0 aromatic rings. The summed E-state index contributed by atoms with van der Waals surface area (Å²) in [4.78, 5) is 22.2. The molecular weight excluding hydrogens is 232 g/mol. The van der Waals surface area contributed by atoms with Crippen LogP contribution in [-0.2, 0) is 9.59 Å². The van der Waals surface area contributed by atoms with Gasteiger partial charge in [-0.3, -0.25) is 9.59 Å². The third-order valence-corrected chi connectivity index (χ3v) is 2.96. The Hall–Kier alpha value is -1.10. The molecule has 106 valence electrons. The van der Waals surface area contributed by atoms with Crippen LogP contribution in [0.25, 0.3) is 0 Å². The fourth-order valence-corrected chi connectivity index (χ4v) is 2.07. The van der Waals surface area contributed by atoms with Crippen molar-refractivity contribution in [3.8, 4) is 0 Å². The molecule has 0 fully saturated rings. The standard InChI is InChI=1S/C13H26N2O3/c1-4-5-9(2)6-11(7-12(16)17)8-15-13(18)10(3)14/h9-11H,4-8,14H2,1-3H3,(H,15,18)(H,16,17)/t9-,10+,11+/m1/s1. The number of carbonyl (C=O) groups excluding carboxylic acids is 1. The first-order valence-corrected chi connectivity index (χ1v) is 6.61. The van der Waals surface area contributed by atoms with Gasteiger partial charge in [0.1, 0.15) is 0 Å². The first-order valence-electron chi connectivity index (χ1n) is 6.61. The Morgan fingerprint density at radius 1 is 1.33 bits per heavy atom. The average Bonchev–Trinajstić information content (AvgIpc) is 2.24. The Kier molecular flexibility index (Phi) is 8.37. The van der Waals surface area contributed by atoms with Crippen LogP contribution < -0.4 is 11.1 Å². The summed E-state index contributed by atoms with van der Waals surface area (Å²) in [6, 6.07) is -0.552. The highest BCUT2D eigenvalue weighted by Gasteiger charge is 2.18. The van der Waals surface area contributed by atoms with Crippen LogP contribution in [0.5, 0.6) is 0 Å². The molecular formula is C13H26N2O3. The minimum absolute atomic E-state index is 0.0215. The van der Waals surface area contributed by atoms with Crippen LogP contribution >= 0.6 is 0 Å². The van der Waals surface area contributed by atoms with E-state index in [1.54, 1.807) is 6.92 Å². The topological polar surface area (TPSA) is 92.4 Å². The van der Waals surface area contributed by atoms with Crippen LogP contribution in [0.4, 0.5) is 0 Å². The number of nitrogens with one attached hydrogen (secondary N) is 1. The fourth-order valence-electron chi connectivity index (χ4n) is 2.07. The number of carboxylic acid groups (broad SMARTS) is 1. The molecule has 3 atom stereocenters. The normalized spacial score (nSPS) is 15.8. The summed E-state index contributed by atoms with van der Waals surface area (Å²) in [5.74, 6) is -0.592. The van der Waals surface area contributed by atoms with Gasteiger partial charge in [-0.1, -0.05) is 26.7 Å². The highest BCUT2D eigenvalue weighted by atomic mass is 16.4. The van der Waals surface area contributed by atoms with Crippen molar-refractivity contribution in [2.75, 3.05) is 6.54 Å². The van der Waals surface area contributed by atoms with E-state index in [1.807, 2.05) is 0 Å². The van der Waals surface area contributed by atoms with Gasteiger partial charge in [0.05, 0.1) is 6.04 Å². The highest BCUT2D eigenvalue weighted by molar-refractivity contribution is 5.81. The Morgan fingerprint density at radius 3 is 2.39 bits per heavy atom. The molecule has 5 nitrogen and oxygen atoms in total. The van der Waals surface area contributed by atoms with Crippen molar-refractivity contribution in [1.82, 2.24) is 5.32 Å². The maximum Gasteiger partial charge on any atom is 0.303 e. The van der Waals surface area contributed by atoms with Crippen molar-refractivity contribution < 1.29 is 14.7 Å². The summed E-state index contributed by atoms with van der Waals surface area (Å²) in [6.07, 6.45) is 3.08. The third kappa shape index (κ3) is 8.06. The van der Waals surface area contributed by atoms with E-state index in [1.165, 1.54) is 0 Å². The summed E-state index contributed by atoms with van der Waals surface area (Å²) in [5.41, 5.74) is 5.44. The van der Waals surface area contributed by atoms with Crippen molar-refractivity contribution in [1.29, 1.82) is 0 Å². The number of hydrogen-bond donors (Lipinski definition) is 3. The van der Waals surface area contributed by atoms with Crippen molar-refractivity contribution >= 4 is 11.9 Å². The molecule has 5 heteroatoms. The van der Waals surface area contributed by atoms with Crippen molar-refractivity contribution in [2.45, 2.75) is 52.5 Å². The predicted molar refractivity (Wildman–Crippen MR) is 71.1 cm³/mol. The zero-order valence-electron chi connectivity index (χ0n) is 11.6. The molecule has 1 amide bonds. The second-order valence-electron chi connectivity index (χ2n) is 5.13. The molecule has 0 aromatic carbocycles. The lowest BCUT2D eigenvalue weighted by Gasteiger charge is -2.20. The zero-order valence-corrected chi connectivity index (χ0v) is 11.6. The summed E-state index contributed by atoms with van der Waals surface area (Å²) < 4.78 is 0. The van der Waals surface area contributed by atoms with Crippen LogP contribution in [-0.4, -0.2) is 29.6 Å². The number of amides is 1. The van der Waals surface area contributed by atoms with E-state index in [4.69, 9.17) is 10.8 Å². The summed E-state index contributed by atoms with van der Waals surface area (Å²) in [5, 5.41) is 11.6. The Balaban J connectivity index is 4.22. The number of rotatable bonds is 9. The molecule has 0 spiro atoms. The van der Waals surface area contributed by atoms with Gasteiger partial charge in [0.25, 0.3) is 0 Å². The lowest BCUT2D eigenvalue weighted by atomic mass is 9.90. The number of carbonyl (C=O) groups is 2. The van der Waals surface area contributed by atoms with Crippen molar-refractivity contribution in [2.24, 2.45) is 17.6 Å². The first-order chi connectivity index (χ1) is 8.36. The van der Waals surface area contributed by atoms with Gasteiger partial charge < -0.3 is 16.2 Å². The number of carboxylic acids is 1. The molecule has 0 radical (unpaired) electrons. The second kappa shape index (κ2) is 8.91. The Labute approximate surface area is 109 Å². The highest BCUT2D eigenvalue weighted by Crippen LogP contribution is 2.19. The third-order valence-electron chi connectivity index (χ3n) is 2.96. The monoisotopic (exact) mass is 258 g/mol. The predicted octanol–water partition coefficient (Wildman–Crippen LogP) is 1.37. The minimum atomic E-state index is -0.821. The van der Waals surface area contributed by atoms with Gasteiger partial charge in [-0.05, 0) is 25.2 Å². The summed E-state index contributed by atoms with van der Waals surface area (Å²) in [7, 11) is 0. The van der Waals surface area contributed by atoms with Gasteiger partial charge in [-0.15, -0.1) is 0 Å². The zero-order chi connectivity index (χ0) is 14.1. The van der Waals surface area contributed by atoms with E-state index in [-0.39, 0.29) is 18.2 Å². The lowest BCUT2D eigenvalue weighted by molar-refractivity contribution is -0.138. The maximum absolute atomic E-state index is 11.4. The van der Waals surface area contributed by atoms with Gasteiger partial charge in [0.15, 0.2) is 0 Å². The van der Waals surface area contributed by atoms with E-state index >= 15 is 0 Å². The van der Waals surface area contributed by atoms with Crippen LogP contribution in [0, 0.1) is 11.8 Å². The lowest BCUT2D eigenvalue weighted by Crippen LogP contribution is -2.41. The molecule has 0 aliphatic carbocycles. The van der Waals surface area contributed by atoms with E-state index in [9.17, 15) is 9.59 Å². The molecule has 0 aliphatic heterocycles. The molecule has 0 heterocycles. The number of hydrogen-bond acceptors (Lipinski definition) is 3. The molecule has 18 heavy (non-hydrogen) atoms. The average molecular weight is 258 g/mol. The SMILES string of the molecule is CCC[C@@H](C)C[C@H](CNC(=O)[C@H](C)N)CC(=O)O. The van der Waals surface area contributed by atoms with E-state index < -0.39 is 12.0 Å². The molecule has 0 aliphatic rings. The van der Waals surface area contributed by atoms with Gasteiger partial charge in [-0.2, -0.15) is 0 Å². The molecule has 4 N–H and O–H groups in total. The maximum atomic E-state index is 11.4. The van der Waals surface area contributed by atoms with E-state index in [2.05, 4.69) is 19.2 Å². The smallest absolute Gasteiger partial charge is 0.303 e. The first kappa shape index (κ1) is 16.9. The molecule has 0 saturated heterocycles. The van der Waals surface area contributed by atoms with E-state index in [0.29, 0.717) is 12.5 Å². The number of nitrogens with two attached hydrogens (primary N) is 1. The van der Waals surface area contributed by atoms with Crippen molar-refractivity contribution in [3.05, 3.63) is 0 Å². The van der Waals surface area contributed by atoms with Crippen LogP contribution in [0.3, 0.4) is 0 Å². The van der Waals surface area contributed by atoms with Gasteiger partial charge in [0, 0.05) is 13.0 Å². The Morgan fingerprint density at radius 2 is 1.94 bits per heavy atom. The summed E-state index contributed by atoms with van der Waals surface area (Å²) in [6.45, 7) is 6.23. The molecule has 0 aromatic heterocycles. The van der Waals surface area contributed by atoms with Gasteiger partial charge >= 0.3 is 5.97 Å². The largest absolute Gasteiger partial charge is 0.481 e. The van der Waals surface area contributed by atoms with Gasteiger partial charge in [-0.25, -0.2) is 0 Å². The summed E-state index contributed by atoms with van der Waals surface area (Å²) >= 11 is 0. The minimum Gasteiger partial charge on any atom is -0.481 e. The van der Waals surface area contributed by atoms with Crippen LogP contribution in [0.2, 0.25) is 0 Å². The van der Waals surface area contributed by atoms with Crippen LogP contribution in [0.15, 0.2) is 0 Å². The van der Waals surface area contributed by atoms with E-state index in [0.717, 1.165) is 19.3 Å².